The highest BCUT2D eigenvalue weighted by molar-refractivity contribution is 7.08. The van der Waals surface area contributed by atoms with Crippen molar-refractivity contribution in [2.45, 2.75) is 13.5 Å². The normalized spacial score (nSPS) is 10.7. The molecule has 0 aliphatic rings. The van der Waals surface area contributed by atoms with Crippen molar-refractivity contribution < 1.29 is 13.8 Å². The maximum Gasteiger partial charge on any atom is 0.252 e. The number of hydrogen-bond acceptors (Lipinski definition) is 7. The molecule has 8 heteroatoms. The second kappa shape index (κ2) is 5.25. The van der Waals surface area contributed by atoms with Gasteiger partial charge in [-0.15, -0.1) is 0 Å². The molecule has 0 aliphatic carbocycles. The Balaban J connectivity index is 1.64. The van der Waals surface area contributed by atoms with Gasteiger partial charge in [0, 0.05) is 17.0 Å². The molecule has 1 N–H and O–H groups in total. The van der Waals surface area contributed by atoms with Gasteiger partial charge < -0.3 is 14.4 Å². The third kappa shape index (κ3) is 2.59. The van der Waals surface area contributed by atoms with E-state index in [1.165, 1.54) is 11.3 Å². The van der Waals surface area contributed by atoms with Crippen LogP contribution in [-0.2, 0) is 6.54 Å². The van der Waals surface area contributed by atoms with E-state index in [1.807, 2.05) is 5.38 Å². The number of nitrogens with zero attached hydrogens (tertiary/aromatic N) is 3. The molecule has 0 unspecified atom stereocenters. The summed E-state index contributed by atoms with van der Waals surface area (Å²) in [6, 6.07) is 3.45. The minimum atomic E-state index is -0.178. The molecule has 20 heavy (non-hydrogen) atoms. The number of nitrogens with one attached hydrogen (secondary N) is 1. The van der Waals surface area contributed by atoms with Gasteiger partial charge >= 0.3 is 0 Å². The minimum Gasteiger partial charge on any atom is -0.361 e. The fraction of sp³-hybridized carbons (Fsp3) is 0.167. The standard InChI is InChI=1S/C12H10N4O3S/c1-7-4-9(15-18-7)11-14-10(19-16-11)5-13-12(17)8-2-3-20-6-8/h2-4,6H,5H2,1H3,(H,13,17). The van der Waals surface area contributed by atoms with Crippen molar-refractivity contribution in [1.82, 2.24) is 20.6 Å². The van der Waals surface area contributed by atoms with Crippen molar-refractivity contribution in [3.05, 3.63) is 40.1 Å². The molecule has 0 atom stereocenters. The summed E-state index contributed by atoms with van der Waals surface area (Å²) in [5.41, 5.74) is 1.11. The number of amides is 1. The van der Waals surface area contributed by atoms with Gasteiger partial charge in [-0.3, -0.25) is 4.79 Å². The Hall–Kier alpha value is -2.48. The van der Waals surface area contributed by atoms with Crippen molar-refractivity contribution in [3.8, 4) is 11.5 Å². The van der Waals surface area contributed by atoms with Gasteiger partial charge in [0.15, 0.2) is 5.69 Å². The average molecular weight is 290 g/mol. The van der Waals surface area contributed by atoms with Crippen LogP contribution in [0.15, 0.2) is 31.9 Å². The molecule has 3 rings (SSSR count). The molecule has 3 heterocycles. The lowest BCUT2D eigenvalue weighted by Gasteiger charge is -1.98. The van der Waals surface area contributed by atoms with Crippen LogP contribution >= 0.6 is 11.3 Å². The predicted molar refractivity (Wildman–Crippen MR) is 70.0 cm³/mol. The van der Waals surface area contributed by atoms with E-state index in [9.17, 15) is 4.79 Å². The molecule has 0 aliphatic heterocycles. The molecule has 0 bridgehead atoms. The molecule has 0 spiro atoms. The summed E-state index contributed by atoms with van der Waals surface area (Å²) in [5.74, 6) is 1.13. The smallest absolute Gasteiger partial charge is 0.252 e. The molecule has 1 amide bonds. The van der Waals surface area contributed by atoms with Crippen molar-refractivity contribution in [1.29, 1.82) is 0 Å². The van der Waals surface area contributed by atoms with E-state index in [4.69, 9.17) is 9.05 Å². The fourth-order valence-electron chi connectivity index (χ4n) is 1.55. The van der Waals surface area contributed by atoms with Crippen molar-refractivity contribution in [2.75, 3.05) is 0 Å². The Morgan fingerprint density at radius 2 is 2.30 bits per heavy atom. The molecule has 0 saturated carbocycles. The number of rotatable bonds is 4. The highest BCUT2D eigenvalue weighted by Crippen LogP contribution is 2.15. The molecule has 3 aromatic rings. The van der Waals surface area contributed by atoms with E-state index in [1.54, 1.807) is 24.4 Å². The first-order chi connectivity index (χ1) is 9.72. The maximum atomic E-state index is 11.7. The van der Waals surface area contributed by atoms with E-state index in [2.05, 4.69) is 20.6 Å². The summed E-state index contributed by atoms with van der Waals surface area (Å²) < 4.78 is 9.98. The van der Waals surface area contributed by atoms with E-state index in [-0.39, 0.29) is 12.5 Å². The summed E-state index contributed by atoms with van der Waals surface area (Å²) in [6.45, 7) is 1.94. The first-order valence-corrected chi connectivity index (χ1v) is 6.73. The van der Waals surface area contributed by atoms with Gasteiger partial charge in [-0.05, 0) is 18.4 Å². The van der Waals surface area contributed by atoms with E-state index < -0.39 is 0 Å². The number of carbonyl (C=O) groups excluding carboxylic acids is 1. The maximum absolute atomic E-state index is 11.7. The SMILES string of the molecule is Cc1cc(-c2noc(CNC(=O)c3ccsc3)n2)no1. The molecule has 7 nitrogen and oxygen atoms in total. The summed E-state index contributed by atoms with van der Waals surface area (Å²) in [4.78, 5) is 15.9. The van der Waals surface area contributed by atoms with Crippen LogP contribution in [0, 0.1) is 6.92 Å². The van der Waals surface area contributed by atoms with Gasteiger partial charge in [0.1, 0.15) is 5.76 Å². The third-order valence-corrected chi connectivity index (χ3v) is 3.19. The van der Waals surface area contributed by atoms with Crippen LogP contribution in [0.3, 0.4) is 0 Å². The zero-order chi connectivity index (χ0) is 13.9. The molecule has 0 aromatic carbocycles. The lowest BCUT2D eigenvalue weighted by atomic mass is 10.3. The first-order valence-electron chi connectivity index (χ1n) is 5.79. The van der Waals surface area contributed by atoms with Crippen molar-refractivity contribution in [2.24, 2.45) is 0 Å². The second-order valence-electron chi connectivity index (χ2n) is 4.03. The highest BCUT2D eigenvalue weighted by Gasteiger charge is 2.13. The zero-order valence-electron chi connectivity index (χ0n) is 10.5. The van der Waals surface area contributed by atoms with Gasteiger partial charge in [-0.2, -0.15) is 16.3 Å². The van der Waals surface area contributed by atoms with Crippen molar-refractivity contribution >= 4 is 17.2 Å². The van der Waals surface area contributed by atoms with E-state index >= 15 is 0 Å². The monoisotopic (exact) mass is 290 g/mol. The Morgan fingerprint density at radius 1 is 1.40 bits per heavy atom. The zero-order valence-corrected chi connectivity index (χ0v) is 11.3. The fourth-order valence-corrected chi connectivity index (χ4v) is 2.19. The van der Waals surface area contributed by atoms with Gasteiger partial charge in [-0.25, -0.2) is 0 Å². The Labute approximate surface area is 117 Å². The molecule has 0 radical (unpaired) electrons. The summed E-state index contributed by atoms with van der Waals surface area (Å²) in [7, 11) is 0. The molecule has 0 saturated heterocycles. The van der Waals surface area contributed by atoms with Crippen molar-refractivity contribution in [3.63, 3.8) is 0 Å². The number of aryl methyl sites for hydroxylation is 1. The molecule has 102 valence electrons. The van der Waals surface area contributed by atoms with Crippen LogP contribution in [0.1, 0.15) is 22.0 Å². The third-order valence-electron chi connectivity index (χ3n) is 2.51. The lowest BCUT2D eigenvalue weighted by molar-refractivity contribution is 0.0946. The minimum absolute atomic E-state index is 0.165. The van der Waals surface area contributed by atoms with Crippen LogP contribution in [0.2, 0.25) is 0 Å². The summed E-state index contributed by atoms with van der Waals surface area (Å²) in [6.07, 6.45) is 0. The number of hydrogen-bond donors (Lipinski definition) is 1. The number of aromatic nitrogens is 3. The Morgan fingerprint density at radius 3 is 3.00 bits per heavy atom. The van der Waals surface area contributed by atoms with Gasteiger partial charge in [0.25, 0.3) is 5.91 Å². The largest absolute Gasteiger partial charge is 0.361 e. The van der Waals surface area contributed by atoms with Gasteiger partial charge in [0.2, 0.25) is 11.7 Å². The lowest BCUT2D eigenvalue weighted by Crippen LogP contribution is -2.22. The van der Waals surface area contributed by atoms with Crippen LogP contribution in [0.4, 0.5) is 0 Å². The number of thiophene rings is 1. The predicted octanol–water partition coefficient (Wildman–Crippen LogP) is 2.02. The van der Waals surface area contributed by atoms with E-state index in [0.717, 1.165) is 0 Å². The van der Waals surface area contributed by atoms with Gasteiger partial charge in [-0.1, -0.05) is 10.3 Å². The van der Waals surface area contributed by atoms with Crippen LogP contribution in [0.25, 0.3) is 11.5 Å². The molecular formula is C12H10N4O3S. The highest BCUT2D eigenvalue weighted by atomic mass is 32.1. The van der Waals surface area contributed by atoms with Gasteiger partial charge in [0.05, 0.1) is 6.54 Å². The summed E-state index contributed by atoms with van der Waals surface area (Å²) in [5, 5.41) is 13.9. The molecular weight excluding hydrogens is 280 g/mol. The molecule has 3 aromatic heterocycles. The topological polar surface area (TPSA) is 94.1 Å². The second-order valence-corrected chi connectivity index (χ2v) is 4.81. The number of carbonyl (C=O) groups is 1. The summed E-state index contributed by atoms with van der Waals surface area (Å²) >= 11 is 1.46. The van der Waals surface area contributed by atoms with E-state index in [0.29, 0.717) is 28.7 Å². The molecule has 0 fully saturated rings. The van der Waals surface area contributed by atoms with Crippen LogP contribution in [0.5, 0.6) is 0 Å². The Kier molecular flexibility index (Phi) is 3.30. The average Bonchev–Trinajstić information content (AvgIpc) is 3.16. The first kappa shape index (κ1) is 12.5. The van der Waals surface area contributed by atoms with Crippen LogP contribution < -0.4 is 5.32 Å². The quantitative estimate of drug-likeness (QED) is 0.790. The Bertz CT molecular complexity index is 717. The van der Waals surface area contributed by atoms with Crippen LogP contribution in [-0.4, -0.2) is 21.2 Å².